The van der Waals surface area contributed by atoms with Gasteiger partial charge in [0.15, 0.2) is 0 Å². The van der Waals surface area contributed by atoms with E-state index in [1.165, 1.54) is 0 Å². The van der Waals surface area contributed by atoms with Crippen molar-refractivity contribution in [1.82, 2.24) is 4.98 Å². The molecule has 0 fully saturated rings. The fraction of sp³-hybridized carbons (Fsp3) is 0.111. The van der Waals surface area contributed by atoms with E-state index in [0.29, 0.717) is 17.0 Å². The Morgan fingerprint density at radius 3 is 2.29 bits per heavy atom. The maximum Gasteiger partial charge on any atom is 0.255 e. The highest BCUT2D eigenvalue weighted by atomic mass is 35.5. The minimum Gasteiger partial charge on any atom is -0.378 e. The molecule has 0 saturated heterocycles. The van der Waals surface area contributed by atoms with E-state index in [9.17, 15) is 4.79 Å². The topological polar surface area (TPSA) is 134 Å². The highest BCUT2D eigenvalue weighted by Gasteiger charge is 2.09. The molecule has 0 atom stereocenters. The van der Waals surface area contributed by atoms with E-state index in [1.54, 1.807) is 25.3 Å². The van der Waals surface area contributed by atoms with E-state index in [0.717, 1.165) is 33.5 Å². The van der Waals surface area contributed by atoms with E-state index < -0.39 is 0 Å². The minimum absolute atomic E-state index is 0. The number of benzene rings is 3. The average molecular weight is 553 g/mol. The summed E-state index contributed by atoms with van der Waals surface area (Å²) in [6.45, 7) is 1.78. The molecule has 4 aromatic rings. The van der Waals surface area contributed by atoms with Crippen molar-refractivity contribution >= 4 is 76.0 Å². The van der Waals surface area contributed by atoms with Crippen LogP contribution in [0, 0.1) is 0 Å². The molecule has 3 aromatic carbocycles. The largest absolute Gasteiger partial charge is 0.378 e. The van der Waals surface area contributed by atoms with Crippen LogP contribution in [0.15, 0.2) is 89.2 Å². The highest BCUT2D eigenvalue weighted by molar-refractivity contribution is 6.06. The summed E-state index contributed by atoms with van der Waals surface area (Å²) in [5.41, 5.74) is 17.0. The Morgan fingerprint density at radius 2 is 1.61 bits per heavy atom. The molecule has 0 aliphatic carbocycles. The zero-order valence-electron chi connectivity index (χ0n) is 21.2. The van der Waals surface area contributed by atoms with Gasteiger partial charge in [-0.05, 0) is 73.2 Å². The van der Waals surface area contributed by atoms with Gasteiger partial charge >= 0.3 is 0 Å². The molecule has 0 spiro atoms. The normalized spacial score (nSPS) is 10.6. The fourth-order valence-corrected chi connectivity index (χ4v) is 3.60. The van der Waals surface area contributed by atoms with Gasteiger partial charge in [0.1, 0.15) is 0 Å². The van der Waals surface area contributed by atoms with Gasteiger partial charge in [0.05, 0.1) is 11.2 Å². The molecule has 1 heterocycles. The van der Waals surface area contributed by atoms with Crippen LogP contribution in [-0.4, -0.2) is 36.7 Å². The number of aromatic nitrogens is 1. The summed E-state index contributed by atoms with van der Waals surface area (Å²) in [6, 6.07) is 22.7. The Kier molecular flexibility index (Phi) is 10.4. The van der Waals surface area contributed by atoms with Crippen molar-refractivity contribution in [2.75, 3.05) is 29.6 Å². The monoisotopic (exact) mass is 552 g/mol. The zero-order valence-corrected chi connectivity index (χ0v) is 22.8. The maximum atomic E-state index is 12.8. The number of hydrogen-bond donors (Lipinski definition) is 4. The van der Waals surface area contributed by atoms with Crippen LogP contribution >= 0.6 is 24.8 Å². The Bertz CT molecular complexity index is 1470. The standard InChI is InChI=1S/C27H28N8O.2ClH/c1-17(33-34-27(28)29)19-5-4-6-21(15-19)32-26(36)18-7-9-20(10-8-18)31-25-13-14-30-24-12-11-22(35(2)3)16-23(24)25;;/h4-16H,1-3H3,(H,30,31)(H,32,36)(H4,28,29,34);2*1H. The van der Waals surface area contributed by atoms with Gasteiger partial charge in [-0.1, -0.05) is 12.1 Å². The van der Waals surface area contributed by atoms with Crippen LogP contribution in [0.3, 0.4) is 0 Å². The summed E-state index contributed by atoms with van der Waals surface area (Å²) in [5.74, 6) is -0.338. The van der Waals surface area contributed by atoms with Crippen LogP contribution in [0.4, 0.5) is 22.7 Å². The second-order valence-electron chi connectivity index (χ2n) is 8.40. The van der Waals surface area contributed by atoms with Crippen molar-refractivity contribution < 1.29 is 4.79 Å². The molecule has 0 bridgehead atoms. The number of anilines is 4. The molecular weight excluding hydrogens is 523 g/mol. The second-order valence-corrected chi connectivity index (χ2v) is 8.40. The number of nitrogens with zero attached hydrogens (tertiary/aromatic N) is 4. The zero-order chi connectivity index (χ0) is 25.7. The van der Waals surface area contributed by atoms with Gasteiger partial charge < -0.3 is 27.0 Å². The highest BCUT2D eigenvalue weighted by Crippen LogP contribution is 2.28. The summed E-state index contributed by atoms with van der Waals surface area (Å²) in [4.78, 5) is 19.3. The number of rotatable bonds is 7. The van der Waals surface area contributed by atoms with Crippen LogP contribution in [0.5, 0.6) is 0 Å². The van der Waals surface area contributed by atoms with Gasteiger partial charge in [0.25, 0.3) is 5.91 Å². The Hall–Kier alpha value is -4.34. The van der Waals surface area contributed by atoms with E-state index >= 15 is 0 Å². The number of halogens is 2. The number of carbonyl (C=O) groups is 1. The van der Waals surface area contributed by atoms with Crippen LogP contribution in [0.2, 0.25) is 0 Å². The minimum atomic E-state index is -0.220. The lowest BCUT2D eigenvalue weighted by atomic mass is 10.1. The first-order chi connectivity index (χ1) is 17.3. The van der Waals surface area contributed by atoms with Crippen molar-refractivity contribution in [3.05, 3.63) is 90.1 Å². The van der Waals surface area contributed by atoms with E-state index in [-0.39, 0.29) is 36.7 Å². The average Bonchev–Trinajstić information content (AvgIpc) is 2.87. The molecule has 11 heteroatoms. The molecule has 198 valence electrons. The third kappa shape index (κ3) is 7.34. The van der Waals surface area contributed by atoms with Gasteiger partial charge in [0, 0.05) is 54.0 Å². The number of hydrogen-bond acceptors (Lipinski definition) is 6. The first-order valence-corrected chi connectivity index (χ1v) is 11.3. The summed E-state index contributed by atoms with van der Waals surface area (Å²) in [6.07, 6.45) is 1.78. The van der Waals surface area contributed by atoms with Crippen molar-refractivity contribution in [1.29, 1.82) is 0 Å². The Morgan fingerprint density at radius 1 is 0.868 bits per heavy atom. The SMILES string of the molecule is CC(=NN=C(N)N)c1cccc(NC(=O)c2ccc(Nc3ccnc4ccc(N(C)C)cc34)cc2)c1.Cl.Cl. The van der Waals surface area contributed by atoms with E-state index in [2.05, 4.69) is 36.8 Å². The molecule has 0 saturated carbocycles. The number of amides is 1. The first-order valence-electron chi connectivity index (χ1n) is 11.3. The lowest BCUT2D eigenvalue weighted by Crippen LogP contribution is -2.22. The molecule has 38 heavy (non-hydrogen) atoms. The first kappa shape index (κ1) is 29.9. The second kappa shape index (κ2) is 13.3. The van der Waals surface area contributed by atoms with Crippen LogP contribution in [0.1, 0.15) is 22.8 Å². The molecule has 1 aromatic heterocycles. The van der Waals surface area contributed by atoms with Crippen LogP contribution in [-0.2, 0) is 0 Å². The predicted octanol–water partition coefficient (Wildman–Crippen LogP) is 5.14. The number of pyridine rings is 1. The molecule has 0 aliphatic rings. The number of nitrogens with one attached hydrogen (secondary N) is 2. The van der Waals surface area contributed by atoms with Gasteiger partial charge in [-0.25, -0.2) is 0 Å². The smallest absolute Gasteiger partial charge is 0.255 e. The third-order valence-electron chi connectivity index (χ3n) is 5.52. The summed E-state index contributed by atoms with van der Waals surface area (Å²) in [5, 5.41) is 15.0. The molecule has 4 rings (SSSR count). The lowest BCUT2D eigenvalue weighted by Gasteiger charge is -2.15. The van der Waals surface area contributed by atoms with Crippen molar-refractivity contribution in [2.24, 2.45) is 21.7 Å². The van der Waals surface area contributed by atoms with Gasteiger partial charge in [0.2, 0.25) is 5.96 Å². The van der Waals surface area contributed by atoms with Gasteiger partial charge in [-0.3, -0.25) is 9.78 Å². The van der Waals surface area contributed by atoms with Crippen molar-refractivity contribution in [2.45, 2.75) is 6.92 Å². The Labute approximate surface area is 233 Å². The van der Waals surface area contributed by atoms with Crippen LogP contribution in [0.25, 0.3) is 10.9 Å². The Balaban J connectivity index is 0.00000253. The molecule has 0 radical (unpaired) electrons. The molecule has 9 nitrogen and oxygen atoms in total. The molecule has 1 amide bonds. The van der Waals surface area contributed by atoms with Crippen molar-refractivity contribution in [3.8, 4) is 0 Å². The molecule has 0 unspecified atom stereocenters. The number of guanidine groups is 1. The molecule has 0 aliphatic heterocycles. The van der Waals surface area contributed by atoms with Gasteiger partial charge in [-0.15, -0.1) is 29.9 Å². The number of carbonyl (C=O) groups excluding carboxylic acids is 1. The fourth-order valence-electron chi connectivity index (χ4n) is 3.60. The number of nitrogens with two attached hydrogens (primary N) is 2. The van der Waals surface area contributed by atoms with Gasteiger partial charge in [-0.2, -0.15) is 5.10 Å². The van der Waals surface area contributed by atoms with E-state index in [4.69, 9.17) is 11.5 Å². The molecular formula is C27H30Cl2N8O. The van der Waals surface area contributed by atoms with E-state index in [1.807, 2.05) is 68.7 Å². The summed E-state index contributed by atoms with van der Waals surface area (Å²) in [7, 11) is 4.01. The lowest BCUT2D eigenvalue weighted by molar-refractivity contribution is 0.102. The summed E-state index contributed by atoms with van der Waals surface area (Å²) >= 11 is 0. The predicted molar refractivity (Wildman–Crippen MR) is 163 cm³/mol. The summed E-state index contributed by atoms with van der Waals surface area (Å²) < 4.78 is 0. The third-order valence-corrected chi connectivity index (χ3v) is 5.52. The quantitative estimate of drug-likeness (QED) is 0.142. The molecule has 6 N–H and O–H groups in total. The van der Waals surface area contributed by atoms with Crippen LogP contribution < -0.4 is 27.0 Å². The van der Waals surface area contributed by atoms with Crippen molar-refractivity contribution in [3.63, 3.8) is 0 Å². The number of fused-ring (bicyclic) bond motifs is 1. The maximum absolute atomic E-state index is 12.8.